The molecule has 0 aliphatic rings. The molecular weight excluding hydrogens is 919 g/mol. The quantitative estimate of drug-likeness (QED) is 0.130. The van der Waals surface area contributed by atoms with Gasteiger partial charge >= 0.3 is 53.5 Å². The van der Waals surface area contributed by atoms with E-state index in [2.05, 4.69) is 202 Å². The summed E-state index contributed by atoms with van der Waals surface area (Å²) in [4.78, 5) is 0. The Balaban J connectivity index is 0.000000156. The number of benzene rings is 6. The second-order valence-corrected chi connectivity index (χ2v) is 42.2. The Morgan fingerprint density at radius 2 is 0.844 bits per heavy atom. The summed E-state index contributed by atoms with van der Waals surface area (Å²) in [6.07, 6.45) is 3.69. The van der Waals surface area contributed by atoms with Gasteiger partial charge in [0.05, 0.1) is 24.0 Å². The Morgan fingerprint density at radius 1 is 0.484 bits per heavy atom. The molecule has 0 saturated heterocycles. The number of furan rings is 2. The van der Waals surface area contributed by atoms with Crippen LogP contribution in [0.15, 0.2) is 167 Å². The second-order valence-electron chi connectivity index (χ2n) is 19.2. The first-order valence-corrected chi connectivity index (χ1v) is 34.5. The minimum absolute atomic E-state index is 0.160. The van der Waals surface area contributed by atoms with Crippen molar-refractivity contribution < 1.29 is 26.8 Å². The molecule has 0 N–H and O–H groups in total. The fourth-order valence-electron chi connectivity index (χ4n) is 8.52. The van der Waals surface area contributed by atoms with Crippen molar-refractivity contribution in [3.63, 3.8) is 0 Å². The molecule has 0 radical (unpaired) electrons. The number of halogens is 2. The van der Waals surface area contributed by atoms with Crippen LogP contribution in [0.4, 0.5) is 0 Å². The summed E-state index contributed by atoms with van der Waals surface area (Å²) in [6, 6.07) is 52.7. The molecule has 0 bridgehead atoms. The van der Waals surface area contributed by atoms with Gasteiger partial charge in [-0.1, -0.05) is 173 Å². The zero-order valence-corrected chi connectivity index (χ0v) is 43.6. The summed E-state index contributed by atoms with van der Waals surface area (Å²) >= 11 is -1.65. The average Bonchev–Trinajstić information content (AvgIpc) is 4.08. The second kappa shape index (κ2) is 18.7. The van der Waals surface area contributed by atoms with Crippen molar-refractivity contribution in [1.29, 1.82) is 0 Å². The van der Waals surface area contributed by atoms with E-state index in [1.165, 1.54) is 66.1 Å². The van der Waals surface area contributed by atoms with Crippen molar-refractivity contribution >= 4 is 65.5 Å². The maximum Gasteiger partial charge on any atom is 0.0875 e. The fraction of sp³-hybridized carbons (Fsp3) is 0.207. The molecule has 0 amide bonds. The minimum Gasteiger partial charge on any atom is -0.498 e. The summed E-state index contributed by atoms with van der Waals surface area (Å²) in [5.41, 5.74) is 12.8. The molecule has 0 aliphatic heterocycles. The summed E-state index contributed by atoms with van der Waals surface area (Å²) in [5, 5.41) is 9.67. The third kappa shape index (κ3) is 9.63. The third-order valence-corrected chi connectivity index (χ3v) is 31.9. The largest absolute Gasteiger partial charge is 0.498 e. The molecule has 0 unspecified atom stereocenters. The SMILES string of the molecule is C[Si](C)=[Zr]([Cl])[Cl].Cc1ccc2[cH-]c(-c3occ4ccccc34)cc2c1-c1ccc(C(C)(C)C)cc1.Cc1ccc2[cH-]c(-c3occ4ccccc34)cc2c1-c1ccc(C(C)(C)C)cc1. The molecule has 2 aromatic heterocycles. The fourth-order valence-corrected chi connectivity index (χ4v) is 8.52. The Bertz CT molecular complexity index is 3060. The van der Waals surface area contributed by atoms with E-state index in [0.717, 1.165) is 44.2 Å². The van der Waals surface area contributed by atoms with Crippen LogP contribution >= 0.6 is 17.0 Å². The number of rotatable bonds is 4. The maximum atomic E-state index is 5.96. The zero-order valence-electron chi connectivity index (χ0n) is 38.6. The number of fused-ring (bicyclic) bond motifs is 4. The molecule has 0 atom stereocenters. The van der Waals surface area contributed by atoms with E-state index < -0.39 is 18.0 Å². The predicted molar refractivity (Wildman–Crippen MR) is 276 cm³/mol. The first kappa shape index (κ1) is 45.9. The molecular formula is C58H56Cl2O2SiZr-2. The molecule has 324 valence electrons. The summed E-state index contributed by atoms with van der Waals surface area (Å²) in [7, 11) is 11.2. The van der Waals surface area contributed by atoms with E-state index in [1.54, 1.807) is 0 Å². The van der Waals surface area contributed by atoms with E-state index in [1.807, 2.05) is 24.7 Å². The van der Waals surface area contributed by atoms with Gasteiger partial charge in [0.2, 0.25) is 0 Å². The van der Waals surface area contributed by atoms with Crippen molar-refractivity contribution in [1.82, 2.24) is 0 Å². The molecule has 8 aromatic carbocycles. The van der Waals surface area contributed by atoms with Crippen LogP contribution in [0.25, 0.3) is 88.0 Å². The standard InChI is InChI=1S/2C28H25O.C2H6Si.2ClH.Zr/c2*1-18-9-10-20-15-22(27-24-8-6-5-7-21(24)17-29-27)16-25(20)26(18)19-11-13-23(14-12-19)28(2,3)4;1-3-2;;;/h2*5-17H,1-4H3;1-2H3;2*1H;/q2*-1;;;;+2/p-2. The molecule has 2 nitrogen and oxygen atoms in total. The zero-order chi connectivity index (χ0) is 45.5. The van der Waals surface area contributed by atoms with E-state index in [9.17, 15) is 0 Å². The average molecular weight is 975 g/mol. The van der Waals surface area contributed by atoms with Gasteiger partial charge in [-0.15, -0.1) is 57.9 Å². The van der Waals surface area contributed by atoms with Crippen LogP contribution in [0.3, 0.4) is 0 Å². The van der Waals surface area contributed by atoms with Crippen LogP contribution in [0.5, 0.6) is 0 Å². The summed E-state index contributed by atoms with van der Waals surface area (Å²) in [6.45, 7) is 22.3. The van der Waals surface area contributed by atoms with Crippen molar-refractivity contribution in [2.45, 2.75) is 79.3 Å². The predicted octanol–water partition coefficient (Wildman–Crippen LogP) is 18.7. The van der Waals surface area contributed by atoms with Gasteiger partial charge in [0.1, 0.15) is 0 Å². The van der Waals surface area contributed by atoms with E-state index in [-0.39, 0.29) is 16.3 Å². The molecule has 0 spiro atoms. The van der Waals surface area contributed by atoms with Crippen molar-refractivity contribution in [3.8, 4) is 44.9 Å². The Labute approximate surface area is 393 Å². The third-order valence-electron chi connectivity index (χ3n) is 12.2. The van der Waals surface area contributed by atoms with Gasteiger partial charge in [-0.05, 0) is 68.8 Å². The molecule has 10 rings (SSSR count). The van der Waals surface area contributed by atoms with Gasteiger partial charge < -0.3 is 8.83 Å². The van der Waals surface area contributed by atoms with E-state index in [0.29, 0.717) is 0 Å². The molecule has 0 fully saturated rings. The van der Waals surface area contributed by atoms with Crippen LogP contribution in [0.1, 0.15) is 63.8 Å². The van der Waals surface area contributed by atoms with Gasteiger partial charge in [-0.3, -0.25) is 0 Å². The van der Waals surface area contributed by atoms with Crippen molar-refractivity contribution in [2.75, 3.05) is 0 Å². The Hall–Kier alpha value is -4.70. The van der Waals surface area contributed by atoms with Gasteiger partial charge in [-0.25, -0.2) is 0 Å². The van der Waals surface area contributed by atoms with Crippen molar-refractivity contribution in [2.24, 2.45) is 0 Å². The van der Waals surface area contributed by atoms with Gasteiger partial charge in [0.15, 0.2) is 0 Å². The van der Waals surface area contributed by atoms with Crippen LogP contribution < -0.4 is 0 Å². The van der Waals surface area contributed by atoms with Crippen LogP contribution in [0.2, 0.25) is 13.1 Å². The Morgan fingerprint density at radius 3 is 1.19 bits per heavy atom. The van der Waals surface area contributed by atoms with E-state index >= 15 is 0 Å². The van der Waals surface area contributed by atoms with Gasteiger partial charge in [-0.2, -0.15) is 0 Å². The number of hydrogen-bond acceptors (Lipinski definition) is 2. The number of hydrogen-bond donors (Lipinski definition) is 0. The minimum atomic E-state index is -1.65. The Kier molecular flexibility index (Phi) is 13.4. The molecule has 6 heteroatoms. The maximum absolute atomic E-state index is 5.96. The summed E-state index contributed by atoms with van der Waals surface area (Å²) < 4.78 is 11.9. The van der Waals surface area contributed by atoms with Crippen LogP contribution in [0, 0.1) is 13.8 Å². The molecule has 0 saturated carbocycles. The topological polar surface area (TPSA) is 26.3 Å². The van der Waals surface area contributed by atoms with Crippen LogP contribution in [-0.4, -0.2) is 5.43 Å². The molecule has 64 heavy (non-hydrogen) atoms. The molecule has 2 heterocycles. The first-order valence-electron chi connectivity index (χ1n) is 22.0. The molecule has 0 aliphatic carbocycles. The van der Waals surface area contributed by atoms with Gasteiger partial charge in [0, 0.05) is 10.8 Å². The first-order chi connectivity index (χ1) is 30.5. The van der Waals surface area contributed by atoms with Gasteiger partial charge in [0.25, 0.3) is 0 Å². The number of aryl methyl sites for hydroxylation is 2. The van der Waals surface area contributed by atoms with Crippen molar-refractivity contribution in [3.05, 3.63) is 180 Å². The smallest absolute Gasteiger partial charge is 0.0875 e. The summed E-state index contributed by atoms with van der Waals surface area (Å²) in [5.74, 6) is 1.90. The normalized spacial score (nSPS) is 11.8. The molecule has 10 aromatic rings. The monoisotopic (exact) mass is 972 g/mol. The van der Waals surface area contributed by atoms with E-state index in [4.69, 9.17) is 25.9 Å². The van der Waals surface area contributed by atoms with Crippen LogP contribution in [-0.2, 0) is 28.8 Å².